The van der Waals surface area contributed by atoms with Crippen molar-refractivity contribution in [2.75, 3.05) is 4.72 Å². The first-order valence-corrected chi connectivity index (χ1v) is 9.17. The zero-order valence-corrected chi connectivity index (χ0v) is 14.7. The fourth-order valence-electron chi connectivity index (χ4n) is 2.19. The third-order valence-corrected chi connectivity index (χ3v) is 4.78. The SMILES string of the molecule is Cc1cc(NS(=O)(=O)c2cccc(C(=O)NCc3ccccn3)c2)no1. The van der Waals surface area contributed by atoms with Crippen molar-refractivity contribution in [3.8, 4) is 0 Å². The minimum atomic E-state index is -3.89. The van der Waals surface area contributed by atoms with Crippen LogP contribution in [0.2, 0.25) is 0 Å². The van der Waals surface area contributed by atoms with Crippen molar-refractivity contribution >= 4 is 21.7 Å². The minimum Gasteiger partial charge on any atom is -0.360 e. The highest BCUT2D eigenvalue weighted by Gasteiger charge is 2.18. The Morgan fingerprint density at radius 2 is 2.00 bits per heavy atom. The molecule has 0 atom stereocenters. The molecule has 0 aliphatic heterocycles. The topological polar surface area (TPSA) is 114 Å². The van der Waals surface area contributed by atoms with Crippen molar-refractivity contribution in [2.24, 2.45) is 0 Å². The summed E-state index contributed by atoms with van der Waals surface area (Å²) in [4.78, 5) is 16.3. The maximum Gasteiger partial charge on any atom is 0.263 e. The molecule has 0 saturated heterocycles. The van der Waals surface area contributed by atoms with Gasteiger partial charge < -0.3 is 9.84 Å². The Labute approximate surface area is 150 Å². The molecule has 0 unspecified atom stereocenters. The van der Waals surface area contributed by atoms with Crippen LogP contribution >= 0.6 is 0 Å². The fourth-order valence-corrected chi connectivity index (χ4v) is 3.22. The maximum atomic E-state index is 12.4. The summed E-state index contributed by atoms with van der Waals surface area (Å²) in [6.07, 6.45) is 1.63. The van der Waals surface area contributed by atoms with Crippen LogP contribution in [0.4, 0.5) is 5.82 Å². The average molecular weight is 372 g/mol. The molecule has 26 heavy (non-hydrogen) atoms. The summed E-state index contributed by atoms with van der Waals surface area (Å²) >= 11 is 0. The maximum absolute atomic E-state index is 12.4. The summed E-state index contributed by atoms with van der Waals surface area (Å²) in [7, 11) is -3.89. The van der Waals surface area contributed by atoms with Gasteiger partial charge in [0.25, 0.3) is 15.9 Å². The van der Waals surface area contributed by atoms with Crippen LogP contribution in [0.1, 0.15) is 21.8 Å². The monoisotopic (exact) mass is 372 g/mol. The van der Waals surface area contributed by atoms with E-state index in [0.29, 0.717) is 11.5 Å². The van der Waals surface area contributed by atoms with Gasteiger partial charge in [0.1, 0.15) is 5.76 Å². The van der Waals surface area contributed by atoms with Gasteiger partial charge in [0.2, 0.25) is 0 Å². The zero-order valence-electron chi connectivity index (χ0n) is 13.8. The van der Waals surface area contributed by atoms with E-state index in [-0.39, 0.29) is 22.8 Å². The fraction of sp³-hybridized carbons (Fsp3) is 0.118. The Bertz CT molecular complexity index is 1020. The Morgan fingerprint density at radius 1 is 1.15 bits per heavy atom. The summed E-state index contributed by atoms with van der Waals surface area (Å²) in [5.41, 5.74) is 0.924. The van der Waals surface area contributed by atoms with Gasteiger partial charge in [-0.15, -0.1) is 0 Å². The molecule has 134 valence electrons. The molecule has 3 rings (SSSR count). The van der Waals surface area contributed by atoms with Gasteiger partial charge in [-0.3, -0.25) is 14.5 Å². The quantitative estimate of drug-likeness (QED) is 0.685. The first-order valence-electron chi connectivity index (χ1n) is 7.68. The predicted octanol–water partition coefficient (Wildman–Crippen LogP) is 2.11. The van der Waals surface area contributed by atoms with Crippen molar-refractivity contribution in [1.82, 2.24) is 15.5 Å². The normalized spacial score (nSPS) is 11.1. The van der Waals surface area contributed by atoms with Gasteiger partial charge in [-0.2, -0.15) is 0 Å². The van der Waals surface area contributed by atoms with Gasteiger partial charge in [-0.1, -0.05) is 17.3 Å². The number of nitrogens with zero attached hydrogens (tertiary/aromatic N) is 2. The number of nitrogens with one attached hydrogen (secondary N) is 2. The second-order valence-electron chi connectivity index (χ2n) is 5.46. The highest BCUT2D eigenvalue weighted by molar-refractivity contribution is 7.92. The van der Waals surface area contributed by atoms with Gasteiger partial charge in [-0.25, -0.2) is 8.42 Å². The number of rotatable bonds is 6. The number of benzene rings is 1. The Kier molecular flexibility index (Phi) is 4.99. The molecule has 0 spiro atoms. The molecule has 1 amide bonds. The van der Waals surface area contributed by atoms with E-state index in [2.05, 4.69) is 20.2 Å². The molecule has 3 aromatic rings. The highest BCUT2D eigenvalue weighted by Crippen LogP contribution is 2.17. The molecule has 2 heterocycles. The van der Waals surface area contributed by atoms with Crippen LogP contribution in [0.5, 0.6) is 0 Å². The lowest BCUT2D eigenvalue weighted by molar-refractivity contribution is 0.0950. The first kappa shape index (κ1) is 17.6. The second kappa shape index (κ2) is 7.36. The lowest BCUT2D eigenvalue weighted by Gasteiger charge is -2.08. The Morgan fingerprint density at radius 3 is 2.69 bits per heavy atom. The molecule has 1 aromatic carbocycles. The van der Waals surface area contributed by atoms with Gasteiger partial charge >= 0.3 is 0 Å². The predicted molar refractivity (Wildman–Crippen MR) is 93.9 cm³/mol. The average Bonchev–Trinajstić information content (AvgIpc) is 3.04. The highest BCUT2D eigenvalue weighted by atomic mass is 32.2. The standard InChI is InChI=1S/C17H16N4O4S/c1-12-9-16(20-25-12)21-26(23,24)15-7-4-5-13(10-15)17(22)19-11-14-6-2-3-8-18-14/h2-10H,11H2,1H3,(H,19,22)(H,20,21). The number of sulfonamides is 1. The van der Waals surface area contributed by atoms with Crippen molar-refractivity contribution in [3.63, 3.8) is 0 Å². The van der Waals surface area contributed by atoms with Gasteiger partial charge in [0.15, 0.2) is 5.82 Å². The number of aryl methyl sites for hydroxylation is 1. The van der Waals surface area contributed by atoms with E-state index >= 15 is 0 Å². The largest absolute Gasteiger partial charge is 0.360 e. The smallest absolute Gasteiger partial charge is 0.263 e. The van der Waals surface area contributed by atoms with Crippen molar-refractivity contribution in [1.29, 1.82) is 0 Å². The van der Waals surface area contributed by atoms with Crippen molar-refractivity contribution in [3.05, 3.63) is 71.7 Å². The van der Waals surface area contributed by atoms with Crippen LogP contribution in [0.3, 0.4) is 0 Å². The van der Waals surface area contributed by atoms with Crippen molar-refractivity contribution in [2.45, 2.75) is 18.4 Å². The molecule has 2 N–H and O–H groups in total. The first-order chi connectivity index (χ1) is 12.4. The van der Waals surface area contributed by atoms with E-state index < -0.39 is 15.9 Å². The van der Waals surface area contributed by atoms with E-state index in [1.165, 1.54) is 30.3 Å². The van der Waals surface area contributed by atoms with Gasteiger partial charge in [0.05, 0.1) is 17.1 Å². The molecule has 0 saturated carbocycles. The molecule has 8 nitrogen and oxygen atoms in total. The molecule has 0 bridgehead atoms. The summed E-state index contributed by atoms with van der Waals surface area (Å²) in [6.45, 7) is 1.89. The molecular weight excluding hydrogens is 356 g/mol. The zero-order chi connectivity index (χ0) is 18.6. The van der Waals surface area contributed by atoms with E-state index in [9.17, 15) is 13.2 Å². The lowest BCUT2D eigenvalue weighted by Crippen LogP contribution is -2.23. The number of anilines is 1. The van der Waals surface area contributed by atoms with Gasteiger partial charge in [0, 0.05) is 17.8 Å². The number of amides is 1. The van der Waals surface area contributed by atoms with Crippen LogP contribution in [0, 0.1) is 6.92 Å². The van der Waals surface area contributed by atoms with Crippen LogP contribution in [-0.2, 0) is 16.6 Å². The lowest BCUT2D eigenvalue weighted by atomic mass is 10.2. The number of carbonyl (C=O) groups is 1. The van der Waals surface area contributed by atoms with Gasteiger partial charge in [-0.05, 0) is 37.3 Å². The number of carbonyl (C=O) groups excluding carboxylic acids is 1. The molecule has 2 aromatic heterocycles. The van der Waals surface area contributed by atoms with Crippen LogP contribution in [0.25, 0.3) is 0 Å². The molecular formula is C17H16N4O4S. The third-order valence-electron chi connectivity index (χ3n) is 3.43. The minimum absolute atomic E-state index is 0.0522. The van der Waals surface area contributed by atoms with Crippen LogP contribution in [-0.4, -0.2) is 24.5 Å². The number of hydrogen-bond donors (Lipinski definition) is 2. The van der Waals surface area contributed by atoms with E-state index in [1.807, 2.05) is 6.07 Å². The second-order valence-corrected chi connectivity index (χ2v) is 7.14. The molecule has 0 aliphatic rings. The molecule has 0 radical (unpaired) electrons. The van der Waals surface area contributed by atoms with E-state index in [0.717, 1.165) is 0 Å². The summed E-state index contributed by atoms with van der Waals surface area (Å²) < 4.78 is 32.0. The van der Waals surface area contributed by atoms with E-state index in [4.69, 9.17) is 4.52 Å². The van der Waals surface area contributed by atoms with Crippen LogP contribution in [0.15, 0.2) is 64.1 Å². The number of pyridine rings is 1. The van der Waals surface area contributed by atoms with E-state index in [1.54, 1.807) is 25.3 Å². The number of aromatic nitrogens is 2. The van der Waals surface area contributed by atoms with Crippen LogP contribution < -0.4 is 10.0 Å². The molecule has 9 heteroatoms. The molecule has 0 aliphatic carbocycles. The Balaban J connectivity index is 1.73. The summed E-state index contributed by atoms with van der Waals surface area (Å²) in [5.74, 6) is 0.155. The molecule has 0 fully saturated rings. The van der Waals surface area contributed by atoms with Crippen molar-refractivity contribution < 1.29 is 17.7 Å². The summed E-state index contributed by atoms with van der Waals surface area (Å²) in [5, 5.41) is 6.30. The number of hydrogen-bond acceptors (Lipinski definition) is 6. The third kappa shape index (κ3) is 4.25. The Hall–Kier alpha value is -3.20. The summed E-state index contributed by atoms with van der Waals surface area (Å²) in [6, 6.07) is 12.6.